The number of benzene rings is 1. The molecule has 0 unspecified atom stereocenters. The third-order valence-corrected chi connectivity index (χ3v) is 2.88. The number of ether oxygens (including phenoxy) is 2. The fourth-order valence-electron chi connectivity index (χ4n) is 1.82. The summed E-state index contributed by atoms with van der Waals surface area (Å²) in [6.45, 7) is 5.55. The number of amides is 1. The van der Waals surface area contributed by atoms with Crippen LogP contribution < -0.4 is 4.74 Å². The summed E-state index contributed by atoms with van der Waals surface area (Å²) in [4.78, 5) is 14.0. The monoisotopic (exact) mass is 265 g/mol. The fourth-order valence-corrected chi connectivity index (χ4v) is 1.82. The standard InChI is InChI=1S/C15H23NO3/c1-12(2)15(17)16(8-9-18-3)11-13-6-5-7-14(10-13)19-4/h5-7,10,12H,8-9,11H2,1-4H3. The Morgan fingerprint density at radius 3 is 2.63 bits per heavy atom. The van der Waals surface area contributed by atoms with Crippen LogP contribution in [0.1, 0.15) is 19.4 Å². The van der Waals surface area contributed by atoms with E-state index in [0.717, 1.165) is 11.3 Å². The molecular weight excluding hydrogens is 242 g/mol. The van der Waals surface area contributed by atoms with Gasteiger partial charge in [0.2, 0.25) is 5.91 Å². The van der Waals surface area contributed by atoms with Gasteiger partial charge >= 0.3 is 0 Å². The molecule has 106 valence electrons. The lowest BCUT2D eigenvalue weighted by atomic mass is 10.1. The highest BCUT2D eigenvalue weighted by atomic mass is 16.5. The van der Waals surface area contributed by atoms with Crippen molar-refractivity contribution >= 4 is 5.91 Å². The summed E-state index contributed by atoms with van der Waals surface area (Å²) in [7, 11) is 3.28. The normalized spacial score (nSPS) is 10.6. The van der Waals surface area contributed by atoms with E-state index in [1.807, 2.05) is 43.0 Å². The smallest absolute Gasteiger partial charge is 0.225 e. The van der Waals surface area contributed by atoms with E-state index in [9.17, 15) is 4.79 Å². The molecule has 0 N–H and O–H groups in total. The minimum absolute atomic E-state index is 0.0116. The summed E-state index contributed by atoms with van der Waals surface area (Å²) >= 11 is 0. The Labute approximate surface area is 115 Å². The molecule has 0 saturated carbocycles. The van der Waals surface area contributed by atoms with Gasteiger partial charge in [-0.3, -0.25) is 4.79 Å². The lowest BCUT2D eigenvalue weighted by Crippen LogP contribution is -2.36. The maximum absolute atomic E-state index is 12.1. The van der Waals surface area contributed by atoms with Gasteiger partial charge in [0.1, 0.15) is 5.75 Å². The minimum atomic E-state index is -0.0116. The highest BCUT2D eigenvalue weighted by Crippen LogP contribution is 2.15. The van der Waals surface area contributed by atoms with Gasteiger partial charge in [0, 0.05) is 26.1 Å². The second kappa shape index (κ2) is 7.79. The predicted molar refractivity (Wildman–Crippen MR) is 75.1 cm³/mol. The SMILES string of the molecule is COCCN(Cc1cccc(OC)c1)C(=O)C(C)C. The molecular formula is C15H23NO3. The van der Waals surface area contributed by atoms with E-state index in [-0.39, 0.29) is 11.8 Å². The molecule has 0 bridgehead atoms. The Morgan fingerprint density at radius 2 is 2.05 bits per heavy atom. The summed E-state index contributed by atoms with van der Waals surface area (Å²) in [6.07, 6.45) is 0. The molecule has 0 aromatic heterocycles. The lowest BCUT2D eigenvalue weighted by molar-refractivity contribution is -0.135. The molecule has 0 atom stereocenters. The molecule has 4 nitrogen and oxygen atoms in total. The second-order valence-electron chi connectivity index (χ2n) is 4.76. The number of nitrogens with zero attached hydrogens (tertiary/aromatic N) is 1. The first kappa shape index (κ1) is 15.5. The van der Waals surface area contributed by atoms with Gasteiger partial charge in [-0.15, -0.1) is 0 Å². The molecule has 1 aromatic carbocycles. The van der Waals surface area contributed by atoms with Crippen LogP contribution in [0.15, 0.2) is 24.3 Å². The van der Waals surface area contributed by atoms with Crippen molar-refractivity contribution in [1.82, 2.24) is 4.90 Å². The molecule has 0 heterocycles. The van der Waals surface area contributed by atoms with Gasteiger partial charge in [-0.05, 0) is 17.7 Å². The van der Waals surface area contributed by atoms with Crippen molar-refractivity contribution in [1.29, 1.82) is 0 Å². The zero-order valence-corrected chi connectivity index (χ0v) is 12.2. The Hall–Kier alpha value is -1.55. The van der Waals surface area contributed by atoms with E-state index < -0.39 is 0 Å². The molecule has 1 aromatic rings. The summed E-state index contributed by atoms with van der Waals surface area (Å²) in [5.41, 5.74) is 1.06. The summed E-state index contributed by atoms with van der Waals surface area (Å²) in [6, 6.07) is 7.78. The van der Waals surface area contributed by atoms with Crippen LogP contribution in [0, 0.1) is 5.92 Å². The number of hydrogen-bond acceptors (Lipinski definition) is 3. The van der Waals surface area contributed by atoms with Crippen molar-refractivity contribution in [3.05, 3.63) is 29.8 Å². The van der Waals surface area contributed by atoms with E-state index in [0.29, 0.717) is 19.7 Å². The third-order valence-electron chi connectivity index (χ3n) is 2.88. The number of methoxy groups -OCH3 is 2. The first-order chi connectivity index (χ1) is 9.08. The summed E-state index contributed by atoms with van der Waals surface area (Å²) < 4.78 is 10.3. The van der Waals surface area contributed by atoms with Crippen molar-refractivity contribution in [2.75, 3.05) is 27.4 Å². The van der Waals surface area contributed by atoms with E-state index in [2.05, 4.69) is 0 Å². The van der Waals surface area contributed by atoms with Crippen LogP contribution in [0.5, 0.6) is 5.75 Å². The van der Waals surface area contributed by atoms with Crippen molar-refractivity contribution in [3.63, 3.8) is 0 Å². The van der Waals surface area contributed by atoms with Gasteiger partial charge in [0.25, 0.3) is 0 Å². The molecule has 0 aliphatic heterocycles. The van der Waals surface area contributed by atoms with E-state index in [1.54, 1.807) is 14.2 Å². The molecule has 0 aliphatic carbocycles. The van der Waals surface area contributed by atoms with Crippen molar-refractivity contribution in [3.8, 4) is 5.75 Å². The molecule has 1 amide bonds. The van der Waals surface area contributed by atoms with Crippen LogP contribution in [-0.2, 0) is 16.1 Å². The molecule has 0 saturated heterocycles. The van der Waals surface area contributed by atoms with Crippen molar-refractivity contribution in [2.45, 2.75) is 20.4 Å². The Kier molecular flexibility index (Phi) is 6.36. The highest BCUT2D eigenvalue weighted by Gasteiger charge is 2.17. The van der Waals surface area contributed by atoms with Gasteiger partial charge in [-0.2, -0.15) is 0 Å². The summed E-state index contributed by atoms with van der Waals surface area (Å²) in [5, 5.41) is 0. The molecule has 0 aliphatic rings. The number of hydrogen-bond donors (Lipinski definition) is 0. The zero-order valence-electron chi connectivity index (χ0n) is 12.2. The molecule has 1 rings (SSSR count). The van der Waals surface area contributed by atoms with Gasteiger partial charge in [-0.1, -0.05) is 26.0 Å². The Bertz CT molecular complexity index is 404. The third kappa shape index (κ3) is 4.91. The van der Waals surface area contributed by atoms with Gasteiger partial charge < -0.3 is 14.4 Å². The first-order valence-electron chi connectivity index (χ1n) is 6.49. The number of carbonyl (C=O) groups is 1. The fraction of sp³-hybridized carbons (Fsp3) is 0.533. The molecule has 0 spiro atoms. The lowest BCUT2D eigenvalue weighted by Gasteiger charge is -2.24. The van der Waals surface area contributed by atoms with E-state index in [4.69, 9.17) is 9.47 Å². The maximum atomic E-state index is 12.1. The minimum Gasteiger partial charge on any atom is -0.497 e. The quantitative estimate of drug-likeness (QED) is 0.759. The van der Waals surface area contributed by atoms with Gasteiger partial charge in [0.15, 0.2) is 0 Å². The van der Waals surface area contributed by atoms with Crippen LogP contribution in [0.2, 0.25) is 0 Å². The number of rotatable bonds is 7. The van der Waals surface area contributed by atoms with Crippen LogP contribution in [0.25, 0.3) is 0 Å². The maximum Gasteiger partial charge on any atom is 0.225 e. The Balaban J connectivity index is 2.77. The molecule has 19 heavy (non-hydrogen) atoms. The average Bonchev–Trinajstić information content (AvgIpc) is 2.42. The topological polar surface area (TPSA) is 38.8 Å². The molecule has 0 fully saturated rings. The van der Waals surface area contributed by atoms with E-state index >= 15 is 0 Å². The highest BCUT2D eigenvalue weighted by molar-refractivity contribution is 5.78. The molecule has 0 radical (unpaired) electrons. The Morgan fingerprint density at radius 1 is 1.32 bits per heavy atom. The van der Waals surface area contributed by atoms with Crippen LogP contribution in [-0.4, -0.2) is 38.2 Å². The second-order valence-corrected chi connectivity index (χ2v) is 4.76. The number of carbonyl (C=O) groups excluding carboxylic acids is 1. The van der Waals surface area contributed by atoms with Crippen LogP contribution >= 0.6 is 0 Å². The van der Waals surface area contributed by atoms with Gasteiger partial charge in [0.05, 0.1) is 13.7 Å². The largest absolute Gasteiger partial charge is 0.497 e. The van der Waals surface area contributed by atoms with Crippen LogP contribution in [0.3, 0.4) is 0 Å². The van der Waals surface area contributed by atoms with Gasteiger partial charge in [-0.25, -0.2) is 0 Å². The van der Waals surface area contributed by atoms with Crippen molar-refractivity contribution in [2.24, 2.45) is 5.92 Å². The zero-order chi connectivity index (χ0) is 14.3. The average molecular weight is 265 g/mol. The van der Waals surface area contributed by atoms with E-state index in [1.165, 1.54) is 0 Å². The van der Waals surface area contributed by atoms with Crippen LogP contribution in [0.4, 0.5) is 0 Å². The predicted octanol–water partition coefficient (Wildman–Crippen LogP) is 2.33. The molecule has 4 heteroatoms. The first-order valence-corrected chi connectivity index (χ1v) is 6.49. The van der Waals surface area contributed by atoms with Crippen molar-refractivity contribution < 1.29 is 14.3 Å². The summed E-state index contributed by atoms with van der Waals surface area (Å²) in [5.74, 6) is 0.934.